The van der Waals surface area contributed by atoms with Gasteiger partial charge in [-0.1, -0.05) is 66.2 Å². The molecule has 0 unspecified atom stereocenters. The predicted octanol–water partition coefficient (Wildman–Crippen LogP) is 5.32. The molecule has 1 aliphatic rings. The highest BCUT2D eigenvalue weighted by Crippen LogP contribution is 2.48. The largest absolute Gasteiger partial charge is 0.457 e. The minimum absolute atomic E-state index is 0.141. The fraction of sp³-hybridized carbons (Fsp3) is 0.167. The molecule has 2 atom stereocenters. The van der Waals surface area contributed by atoms with Crippen LogP contribution in [0.25, 0.3) is 0 Å². The fourth-order valence-electron chi connectivity index (χ4n) is 3.83. The zero-order valence-corrected chi connectivity index (χ0v) is 15.3. The Morgan fingerprint density at radius 2 is 1.52 bits per heavy atom. The standard InChI is InChI=1S/C24H20O3/c1-15-12-13-21-19(14-15)23(18-10-6-7-11-20(18)27-21)22(16(2)25)24(26)17-8-4-3-5-9-17/h3-14,22-23H,1-2H3/t22-,23+/m0/s1. The van der Waals surface area contributed by atoms with Crippen molar-refractivity contribution >= 4 is 11.6 Å². The van der Waals surface area contributed by atoms with Crippen molar-refractivity contribution in [2.24, 2.45) is 5.92 Å². The molecular weight excluding hydrogens is 336 g/mol. The molecule has 1 heterocycles. The Bertz CT molecular complexity index is 1020. The monoisotopic (exact) mass is 356 g/mol. The summed E-state index contributed by atoms with van der Waals surface area (Å²) in [4.78, 5) is 26.0. The summed E-state index contributed by atoms with van der Waals surface area (Å²) in [6.45, 7) is 3.50. The number of aryl methyl sites for hydroxylation is 1. The van der Waals surface area contributed by atoms with E-state index in [4.69, 9.17) is 4.74 Å². The molecule has 0 fully saturated rings. The van der Waals surface area contributed by atoms with Crippen molar-refractivity contribution in [3.63, 3.8) is 0 Å². The highest BCUT2D eigenvalue weighted by atomic mass is 16.5. The van der Waals surface area contributed by atoms with Crippen LogP contribution in [0.3, 0.4) is 0 Å². The zero-order chi connectivity index (χ0) is 19.0. The van der Waals surface area contributed by atoms with E-state index in [-0.39, 0.29) is 17.5 Å². The average Bonchev–Trinajstić information content (AvgIpc) is 2.68. The van der Waals surface area contributed by atoms with Crippen molar-refractivity contribution in [3.8, 4) is 11.5 Å². The molecule has 0 N–H and O–H groups in total. The van der Waals surface area contributed by atoms with E-state index >= 15 is 0 Å². The molecule has 0 amide bonds. The summed E-state index contributed by atoms with van der Waals surface area (Å²) in [5, 5.41) is 0. The summed E-state index contributed by atoms with van der Waals surface area (Å²) in [7, 11) is 0. The lowest BCUT2D eigenvalue weighted by atomic mass is 9.73. The maximum atomic E-state index is 13.3. The van der Waals surface area contributed by atoms with Crippen LogP contribution in [0.4, 0.5) is 0 Å². The van der Waals surface area contributed by atoms with Crippen LogP contribution in [0.15, 0.2) is 72.8 Å². The van der Waals surface area contributed by atoms with Crippen LogP contribution < -0.4 is 4.74 Å². The molecule has 27 heavy (non-hydrogen) atoms. The van der Waals surface area contributed by atoms with Crippen molar-refractivity contribution in [1.29, 1.82) is 0 Å². The van der Waals surface area contributed by atoms with Gasteiger partial charge in [0.05, 0.1) is 5.92 Å². The van der Waals surface area contributed by atoms with Crippen LogP contribution in [-0.2, 0) is 4.79 Å². The number of carbonyl (C=O) groups excluding carboxylic acids is 2. The molecule has 0 aromatic heterocycles. The number of rotatable bonds is 4. The quantitative estimate of drug-likeness (QED) is 0.469. The second-order valence-electron chi connectivity index (χ2n) is 6.98. The van der Waals surface area contributed by atoms with Gasteiger partial charge in [-0.2, -0.15) is 0 Å². The zero-order valence-electron chi connectivity index (χ0n) is 15.3. The lowest BCUT2D eigenvalue weighted by Gasteiger charge is -2.32. The van der Waals surface area contributed by atoms with Gasteiger partial charge in [-0.3, -0.25) is 9.59 Å². The number of Topliss-reactive ketones (excluding diaryl/α,β-unsaturated/α-hetero) is 2. The molecule has 3 aromatic rings. The van der Waals surface area contributed by atoms with Gasteiger partial charge in [0.15, 0.2) is 5.78 Å². The van der Waals surface area contributed by atoms with Crippen molar-refractivity contribution in [2.75, 3.05) is 0 Å². The van der Waals surface area contributed by atoms with E-state index in [0.717, 1.165) is 16.7 Å². The molecule has 0 aliphatic carbocycles. The number of hydrogen-bond acceptors (Lipinski definition) is 3. The first-order valence-corrected chi connectivity index (χ1v) is 9.03. The normalized spacial score (nSPS) is 15.9. The second-order valence-corrected chi connectivity index (χ2v) is 6.98. The van der Waals surface area contributed by atoms with Crippen molar-refractivity contribution in [3.05, 3.63) is 95.1 Å². The van der Waals surface area contributed by atoms with E-state index in [1.54, 1.807) is 12.1 Å². The molecule has 4 rings (SSSR count). The number of fused-ring (bicyclic) bond motifs is 2. The summed E-state index contributed by atoms with van der Waals surface area (Å²) < 4.78 is 6.06. The van der Waals surface area contributed by atoms with Gasteiger partial charge in [-0.15, -0.1) is 0 Å². The van der Waals surface area contributed by atoms with Crippen molar-refractivity contribution < 1.29 is 14.3 Å². The molecule has 0 saturated heterocycles. The average molecular weight is 356 g/mol. The van der Waals surface area contributed by atoms with E-state index in [1.165, 1.54) is 6.92 Å². The molecule has 134 valence electrons. The Kier molecular flexibility index (Phi) is 4.36. The van der Waals surface area contributed by atoms with Crippen LogP contribution in [0, 0.1) is 12.8 Å². The van der Waals surface area contributed by atoms with Crippen molar-refractivity contribution in [1.82, 2.24) is 0 Å². The summed E-state index contributed by atoms with van der Waals surface area (Å²) >= 11 is 0. The summed E-state index contributed by atoms with van der Waals surface area (Å²) in [6, 6.07) is 22.6. The third kappa shape index (κ3) is 3.06. The summed E-state index contributed by atoms with van der Waals surface area (Å²) in [5.74, 6) is -0.0503. The van der Waals surface area contributed by atoms with Crippen LogP contribution in [0.5, 0.6) is 11.5 Å². The Balaban J connectivity index is 1.91. The number of benzene rings is 3. The molecule has 1 aliphatic heterocycles. The third-order valence-electron chi connectivity index (χ3n) is 5.09. The number of ketones is 2. The first kappa shape index (κ1) is 17.2. The molecule has 0 spiro atoms. The van der Waals surface area contributed by atoms with Gasteiger partial charge < -0.3 is 4.74 Å². The highest BCUT2D eigenvalue weighted by molar-refractivity contribution is 6.11. The Morgan fingerprint density at radius 3 is 2.26 bits per heavy atom. The SMILES string of the molecule is CC(=O)[C@H](C(=O)c1ccccc1)[C@@H]1c2ccccc2Oc2ccc(C)cc21. The summed E-state index contributed by atoms with van der Waals surface area (Å²) in [6.07, 6.45) is 0. The Morgan fingerprint density at radius 1 is 0.852 bits per heavy atom. The van der Waals surface area contributed by atoms with Gasteiger partial charge in [0.25, 0.3) is 0 Å². The molecule has 0 bridgehead atoms. The number of ether oxygens (including phenoxy) is 1. The number of hydrogen-bond donors (Lipinski definition) is 0. The van der Waals surface area contributed by atoms with Gasteiger partial charge in [-0.05, 0) is 26.0 Å². The van der Waals surface area contributed by atoms with E-state index in [0.29, 0.717) is 17.1 Å². The first-order chi connectivity index (χ1) is 13.1. The third-order valence-corrected chi connectivity index (χ3v) is 5.09. The first-order valence-electron chi connectivity index (χ1n) is 9.03. The molecular formula is C24H20O3. The Labute approximate surface area is 158 Å². The van der Waals surface area contributed by atoms with Crippen LogP contribution in [0.2, 0.25) is 0 Å². The predicted molar refractivity (Wildman–Crippen MR) is 104 cm³/mol. The summed E-state index contributed by atoms with van der Waals surface area (Å²) in [5.41, 5.74) is 3.38. The smallest absolute Gasteiger partial charge is 0.174 e. The molecule has 0 saturated carbocycles. The maximum absolute atomic E-state index is 13.3. The second kappa shape index (κ2) is 6.84. The van der Waals surface area contributed by atoms with E-state index in [2.05, 4.69) is 0 Å². The molecule has 3 heteroatoms. The highest BCUT2D eigenvalue weighted by Gasteiger charge is 2.40. The van der Waals surface area contributed by atoms with E-state index in [1.807, 2.05) is 67.6 Å². The van der Waals surface area contributed by atoms with Gasteiger partial charge >= 0.3 is 0 Å². The molecule has 3 nitrogen and oxygen atoms in total. The van der Waals surface area contributed by atoms with E-state index in [9.17, 15) is 9.59 Å². The van der Waals surface area contributed by atoms with Gasteiger partial charge in [-0.25, -0.2) is 0 Å². The Hall–Kier alpha value is -3.20. The van der Waals surface area contributed by atoms with Gasteiger partial charge in [0.2, 0.25) is 0 Å². The van der Waals surface area contributed by atoms with Crippen LogP contribution in [-0.4, -0.2) is 11.6 Å². The number of carbonyl (C=O) groups is 2. The van der Waals surface area contributed by atoms with Crippen LogP contribution in [0.1, 0.15) is 39.9 Å². The lowest BCUT2D eigenvalue weighted by Crippen LogP contribution is -2.31. The molecule has 3 aromatic carbocycles. The minimum atomic E-state index is -0.794. The number of para-hydroxylation sites is 1. The van der Waals surface area contributed by atoms with Gasteiger partial charge in [0.1, 0.15) is 17.3 Å². The fourth-order valence-corrected chi connectivity index (χ4v) is 3.83. The maximum Gasteiger partial charge on any atom is 0.174 e. The minimum Gasteiger partial charge on any atom is -0.457 e. The van der Waals surface area contributed by atoms with Crippen molar-refractivity contribution in [2.45, 2.75) is 19.8 Å². The molecule has 0 radical (unpaired) electrons. The van der Waals surface area contributed by atoms with Crippen LogP contribution >= 0.6 is 0 Å². The van der Waals surface area contributed by atoms with Gasteiger partial charge in [0, 0.05) is 22.6 Å². The topological polar surface area (TPSA) is 43.4 Å². The van der Waals surface area contributed by atoms with E-state index < -0.39 is 5.92 Å². The lowest BCUT2D eigenvalue weighted by molar-refractivity contribution is -0.119.